The fourth-order valence-electron chi connectivity index (χ4n) is 0.958. The topological polar surface area (TPSA) is 21.3 Å². The maximum absolute atomic E-state index is 4.98. The Morgan fingerprint density at radius 1 is 1.31 bits per heavy atom. The van der Waals surface area contributed by atoms with Crippen molar-refractivity contribution in [3.8, 4) is 0 Å². The van der Waals surface area contributed by atoms with Gasteiger partial charge in [0.25, 0.3) is 0 Å². The fraction of sp³-hybridized carbons (Fsp3) is 1.00. The molecule has 0 saturated carbocycles. The molecule has 0 aromatic carbocycles. The predicted octanol–water partition coefficient (Wildman–Crippen LogP) is 2.14. The molecule has 0 radical (unpaired) electrons. The number of hydrogen-bond acceptors (Lipinski definition) is 3. The Kier molecular flexibility index (Phi) is 7.81. The van der Waals surface area contributed by atoms with Gasteiger partial charge in [0.15, 0.2) is 0 Å². The van der Waals surface area contributed by atoms with Gasteiger partial charge in [0.1, 0.15) is 0 Å². The van der Waals surface area contributed by atoms with Crippen LogP contribution in [0, 0.1) is 0 Å². The molecular formula is C10H23NOS. The first-order valence-electron chi connectivity index (χ1n) is 4.87. The molecule has 0 atom stereocenters. The normalized spacial score (nSPS) is 12.0. The van der Waals surface area contributed by atoms with E-state index in [0.29, 0.717) is 4.75 Å². The van der Waals surface area contributed by atoms with Gasteiger partial charge < -0.3 is 10.1 Å². The molecule has 0 aromatic heterocycles. The Labute approximate surface area is 86.8 Å². The van der Waals surface area contributed by atoms with Gasteiger partial charge in [0.2, 0.25) is 0 Å². The number of hydrogen-bond donors (Lipinski definition) is 1. The van der Waals surface area contributed by atoms with Gasteiger partial charge in [0.05, 0.1) is 0 Å². The minimum Gasteiger partial charge on any atom is -0.385 e. The Bertz CT molecular complexity index is 117. The van der Waals surface area contributed by atoms with Crippen LogP contribution in [-0.4, -0.2) is 37.8 Å². The highest BCUT2D eigenvalue weighted by Gasteiger charge is 2.14. The average molecular weight is 205 g/mol. The molecule has 0 aliphatic heterocycles. The molecule has 0 heterocycles. The summed E-state index contributed by atoms with van der Waals surface area (Å²) in [7, 11) is 1.75. The van der Waals surface area contributed by atoms with Crippen LogP contribution in [-0.2, 0) is 4.74 Å². The number of methoxy groups -OCH3 is 1. The number of rotatable bonds is 8. The lowest BCUT2D eigenvalue weighted by molar-refractivity contribution is 0.192. The van der Waals surface area contributed by atoms with Crippen LogP contribution in [0.2, 0.25) is 0 Å². The summed E-state index contributed by atoms with van der Waals surface area (Å²) in [6, 6.07) is 0. The van der Waals surface area contributed by atoms with E-state index in [9.17, 15) is 0 Å². The fourth-order valence-corrected chi connectivity index (χ4v) is 1.20. The zero-order chi connectivity index (χ0) is 10.2. The minimum atomic E-state index is 0.362. The SMILES string of the molecule is COCCCCNCC(C)(C)SC. The Morgan fingerprint density at radius 3 is 2.54 bits per heavy atom. The molecule has 3 heteroatoms. The van der Waals surface area contributed by atoms with E-state index in [2.05, 4.69) is 25.4 Å². The van der Waals surface area contributed by atoms with Crippen molar-refractivity contribution in [3.05, 3.63) is 0 Å². The van der Waals surface area contributed by atoms with Crippen molar-refractivity contribution in [3.63, 3.8) is 0 Å². The lowest BCUT2D eigenvalue weighted by Gasteiger charge is -2.22. The molecule has 80 valence electrons. The summed E-state index contributed by atoms with van der Waals surface area (Å²) in [5.41, 5.74) is 0. The zero-order valence-corrected chi connectivity index (χ0v) is 10.2. The number of ether oxygens (including phenoxy) is 1. The third-order valence-corrected chi connectivity index (χ3v) is 3.30. The van der Waals surface area contributed by atoms with Crippen LogP contribution in [0.4, 0.5) is 0 Å². The van der Waals surface area contributed by atoms with Gasteiger partial charge in [-0.2, -0.15) is 11.8 Å². The molecule has 0 amide bonds. The largest absolute Gasteiger partial charge is 0.385 e. The van der Waals surface area contributed by atoms with Crippen LogP contribution in [0.3, 0.4) is 0 Å². The first-order chi connectivity index (χ1) is 6.12. The molecule has 0 saturated heterocycles. The van der Waals surface area contributed by atoms with Crippen LogP contribution in [0.5, 0.6) is 0 Å². The summed E-state index contributed by atoms with van der Waals surface area (Å²) in [6.07, 6.45) is 4.52. The smallest absolute Gasteiger partial charge is 0.0462 e. The Hall–Kier alpha value is 0.270. The average Bonchev–Trinajstić information content (AvgIpc) is 2.11. The first-order valence-corrected chi connectivity index (χ1v) is 6.09. The molecule has 0 bridgehead atoms. The van der Waals surface area contributed by atoms with Gasteiger partial charge in [-0.05, 0) is 39.5 Å². The monoisotopic (exact) mass is 205 g/mol. The second-order valence-corrected chi connectivity index (χ2v) is 5.35. The molecule has 2 nitrogen and oxygen atoms in total. The molecule has 0 aliphatic carbocycles. The second kappa shape index (κ2) is 7.65. The van der Waals surface area contributed by atoms with Crippen molar-refractivity contribution in [1.29, 1.82) is 0 Å². The summed E-state index contributed by atoms with van der Waals surface area (Å²) in [5.74, 6) is 0. The third kappa shape index (κ3) is 8.60. The van der Waals surface area contributed by atoms with Gasteiger partial charge in [-0.25, -0.2) is 0 Å². The van der Waals surface area contributed by atoms with Crippen molar-refractivity contribution >= 4 is 11.8 Å². The summed E-state index contributed by atoms with van der Waals surface area (Å²) in [4.78, 5) is 0. The summed E-state index contributed by atoms with van der Waals surface area (Å²) in [6.45, 7) is 7.60. The van der Waals surface area contributed by atoms with E-state index < -0.39 is 0 Å². The van der Waals surface area contributed by atoms with E-state index in [4.69, 9.17) is 4.74 Å². The van der Waals surface area contributed by atoms with E-state index in [1.165, 1.54) is 6.42 Å². The Balaban J connectivity index is 3.16. The van der Waals surface area contributed by atoms with E-state index in [1.807, 2.05) is 11.8 Å². The summed E-state index contributed by atoms with van der Waals surface area (Å²) >= 11 is 1.91. The van der Waals surface area contributed by atoms with E-state index in [-0.39, 0.29) is 0 Å². The van der Waals surface area contributed by atoms with Crippen LogP contribution >= 0.6 is 11.8 Å². The number of unbranched alkanes of at least 4 members (excludes halogenated alkanes) is 1. The highest BCUT2D eigenvalue weighted by molar-refractivity contribution is 7.99. The quantitative estimate of drug-likeness (QED) is 0.614. The molecule has 0 fully saturated rings. The molecule has 0 aromatic rings. The minimum absolute atomic E-state index is 0.362. The van der Waals surface area contributed by atoms with Gasteiger partial charge >= 0.3 is 0 Å². The van der Waals surface area contributed by atoms with Gasteiger partial charge in [-0.15, -0.1) is 0 Å². The predicted molar refractivity (Wildman–Crippen MR) is 61.6 cm³/mol. The Morgan fingerprint density at radius 2 is 2.00 bits per heavy atom. The van der Waals surface area contributed by atoms with Crippen molar-refractivity contribution in [2.24, 2.45) is 0 Å². The van der Waals surface area contributed by atoms with Crippen LogP contribution in [0.1, 0.15) is 26.7 Å². The van der Waals surface area contributed by atoms with Crippen molar-refractivity contribution in [2.75, 3.05) is 33.1 Å². The van der Waals surface area contributed by atoms with E-state index >= 15 is 0 Å². The maximum atomic E-state index is 4.98. The van der Waals surface area contributed by atoms with Crippen LogP contribution in [0.25, 0.3) is 0 Å². The maximum Gasteiger partial charge on any atom is 0.0462 e. The summed E-state index contributed by atoms with van der Waals surface area (Å²) < 4.78 is 5.34. The molecule has 13 heavy (non-hydrogen) atoms. The van der Waals surface area contributed by atoms with Gasteiger partial charge in [-0.3, -0.25) is 0 Å². The molecule has 1 N–H and O–H groups in total. The molecule has 0 rings (SSSR count). The standard InChI is InChI=1S/C10H23NOS/c1-10(2,13-4)9-11-7-5-6-8-12-3/h11H,5-9H2,1-4H3. The van der Waals surface area contributed by atoms with Crippen LogP contribution < -0.4 is 5.32 Å². The molecule has 0 aliphatic rings. The second-order valence-electron chi connectivity index (χ2n) is 3.84. The summed E-state index contributed by atoms with van der Waals surface area (Å²) in [5, 5.41) is 3.46. The molecule has 0 unspecified atom stereocenters. The highest BCUT2D eigenvalue weighted by atomic mass is 32.2. The highest BCUT2D eigenvalue weighted by Crippen LogP contribution is 2.19. The molecule has 0 spiro atoms. The molecular weight excluding hydrogens is 182 g/mol. The number of nitrogens with one attached hydrogen (secondary N) is 1. The first kappa shape index (κ1) is 13.3. The lowest BCUT2D eigenvalue weighted by atomic mass is 10.2. The van der Waals surface area contributed by atoms with E-state index in [1.54, 1.807) is 7.11 Å². The van der Waals surface area contributed by atoms with Gasteiger partial charge in [0, 0.05) is 25.0 Å². The number of thioether (sulfide) groups is 1. The van der Waals surface area contributed by atoms with Gasteiger partial charge in [-0.1, -0.05) is 0 Å². The zero-order valence-electron chi connectivity index (χ0n) is 9.35. The van der Waals surface area contributed by atoms with E-state index in [0.717, 1.165) is 26.1 Å². The van der Waals surface area contributed by atoms with Crippen LogP contribution in [0.15, 0.2) is 0 Å². The van der Waals surface area contributed by atoms with Crippen molar-refractivity contribution in [1.82, 2.24) is 5.32 Å². The van der Waals surface area contributed by atoms with Crippen molar-refractivity contribution in [2.45, 2.75) is 31.4 Å². The third-order valence-electron chi connectivity index (χ3n) is 2.06. The lowest BCUT2D eigenvalue weighted by Crippen LogP contribution is -2.32. The van der Waals surface area contributed by atoms with Crippen molar-refractivity contribution < 1.29 is 4.74 Å².